The molecular weight excluding hydrogens is 432 g/mol. The van der Waals surface area contributed by atoms with Crippen molar-refractivity contribution in [2.24, 2.45) is 0 Å². The van der Waals surface area contributed by atoms with Gasteiger partial charge >= 0.3 is 12.0 Å². The number of hydrogen-bond acceptors (Lipinski definition) is 6. The van der Waals surface area contributed by atoms with Crippen LogP contribution in [0.5, 0.6) is 0 Å². The van der Waals surface area contributed by atoms with Crippen LogP contribution in [0.15, 0.2) is 66.7 Å². The molecule has 10 heteroatoms. The van der Waals surface area contributed by atoms with Gasteiger partial charge in [0, 0.05) is 18.5 Å². The van der Waals surface area contributed by atoms with Crippen molar-refractivity contribution in [3.63, 3.8) is 0 Å². The second-order valence-electron chi connectivity index (χ2n) is 7.75. The predicted octanol–water partition coefficient (Wildman–Crippen LogP) is 2.86. The molecule has 0 spiro atoms. The number of cyclic esters (lactones) is 1. The Balaban J connectivity index is 1.35. The van der Waals surface area contributed by atoms with Gasteiger partial charge in [-0.15, -0.1) is 5.10 Å². The van der Waals surface area contributed by atoms with Crippen LogP contribution in [0.2, 0.25) is 0 Å². The number of H-pyrrole nitrogens is 1. The zero-order valence-electron chi connectivity index (χ0n) is 17.6. The van der Waals surface area contributed by atoms with Gasteiger partial charge in [-0.3, -0.25) is 4.90 Å². The van der Waals surface area contributed by atoms with E-state index in [2.05, 4.69) is 20.6 Å². The summed E-state index contributed by atoms with van der Waals surface area (Å²) in [6, 6.07) is 14.4. The molecule has 0 aliphatic carbocycles. The molecule has 1 fully saturated rings. The van der Waals surface area contributed by atoms with Crippen molar-refractivity contribution in [1.29, 1.82) is 0 Å². The van der Waals surface area contributed by atoms with E-state index < -0.39 is 24.2 Å². The number of halogens is 2. The van der Waals surface area contributed by atoms with Crippen LogP contribution in [0.3, 0.4) is 0 Å². The van der Waals surface area contributed by atoms with Crippen LogP contribution in [0.1, 0.15) is 22.5 Å². The SMILES string of the molecule is O=C1OCC(/C=C/C(O)C(F)(F)c2ccccc2)N1CCc1ccc(Cc2nnn[nH]2)cc1. The summed E-state index contributed by atoms with van der Waals surface area (Å²) in [6.07, 6.45) is 1.04. The van der Waals surface area contributed by atoms with E-state index in [0.717, 1.165) is 17.2 Å². The highest BCUT2D eigenvalue weighted by Crippen LogP contribution is 2.32. The second-order valence-corrected chi connectivity index (χ2v) is 7.75. The van der Waals surface area contributed by atoms with Crippen LogP contribution in [-0.4, -0.2) is 62.0 Å². The summed E-state index contributed by atoms with van der Waals surface area (Å²) < 4.78 is 34.1. The lowest BCUT2D eigenvalue weighted by Gasteiger charge is -2.22. The summed E-state index contributed by atoms with van der Waals surface area (Å²) in [5.74, 6) is -2.78. The summed E-state index contributed by atoms with van der Waals surface area (Å²) in [4.78, 5) is 13.6. The maximum atomic E-state index is 14.5. The fraction of sp³-hybridized carbons (Fsp3) is 0.304. The molecule has 8 nitrogen and oxygen atoms in total. The number of nitrogens with zero attached hydrogens (tertiary/aromatic N) is 4. The first-order valence-electron chi connectivity index (χ1n) is 10.5. The van der Waals surface area contributed by atoms with Crippen LogP contribution in [0.4, 0.5) is 13.6 Å². The summed E-state index contributed by atoms with van der Waals surface area (Å²) in [5.41, 5.74) is 1.76. The smallest absolute Gasteiger partial charge is 0.410 e. The van der Waals surface area contributed by atoms with Crippen molar-refractivity contribution in [1.82, 2.24) is 25.5 Å². The summed E-state index contributed by atoms with van der Waals surface area (Å²) in [7, 11) is 0. The molecule has 0 saturated carbocycles. The first kappa shape index (κ1) is 22.5. The first-order chi connectivity index (χ1) is 15.9. The quantitative estimate of drug-likeness (QED) is 0.481. The number of aliphatic hydroxyl groups is 1. The minimum absolute atomic E-state index is 0.0448. The molecule has 1 amide bonds. The highest BCUT2D eigenvalue weighted by Gasteiger charge is 2.39. The average Bonchev–Trinajstić information content (AvgIpc) is 3.47. The molecule has 2 aromatic carbocycles. The van der Waals surface area contributed by atoms with Crippen molar-refractivity contribution in [3.05, 3.63) is 89.3 Å². The predicted molar refractivity (Wildman–Crippen MR) is 114 cm³/mol. The molecule has 2 heterocycles. The number of rotatable bonds is 9. The van der Waals surface area contributed by atoms with Crippen molar-refractivity contribution in [3.8, 4) is 0 Å². The number of benzene rings is 2. The average molecular weight is 455 g/mol. The number of aromatic amines is 1. The molecule has 4 rings (SSSR count). The molecule has 1 saturated heterocycles. The van der Waals surface area contributed by atoms with Crippen LogP contribution in [0, 0.1) is 0 Å². The maximum absolute atomic E-state index is 14.5. The number of carbonyl (C=O) groups is 1. The van der Waals surface area contributed by atoms with E-state index in [1.54, 1.807) is 6.07 Å². The van der Waals surface area contributed by atoms with Crippen molar-refractivity contribution >= 4 is 6.09 Å². The fourth-order valence-electron chi connectivity index (χ4n) is 3.59. The van der Waals surface area contributed by atoms with Crippen LogP contribution < -0.4 is 0 Å². The van der Waals surface area contributed by atoms with Gasteiger partial charge in [-0.05, 0) is 28.0 Å². The van der Waals surface area contributed by atoms with E-state index in [1.807, 2.05) is 24.3 Å². The van der Waals surface area contributed by atoms with Gasteiger partial charge in [0.25, 0.3) is 0 Å². The lowest BCUT2D eigenvalue weighted by atomic mass is 10.0. The van der Waals surface area contributed by atoms with Gasteiger partial charge in [0.15, 0.2) is 5.82 Å². The highest BCUT2D eigenvalue weighted by atomic mass is 19.3. The third-order valence-corrected chi connectivity index (χ3v) is 5.48. The molecule has 0 bridgehead atoms. The van der Waals surface area contributed by atoms with E-state index in [4.69, 9.17) is 4.74 Å². The van der Waals surface area contributed by atoms with Gasteiger partial charge in [-0.25, -0.2) is 9.89 Å². The molecule has 1 aliphatic heterocycles. The maximum Gasteiger partial charge on any atom is 0.410 e. The van der Waals surface area contributed by atoms with Crippen molar-refractivity contribution in [2.75, 3.05) is 13.2 Å². The Bertz CT molecular complexity index is 1080. The molecule has 172 valence electrons. The Labute approximate surface area is 188 Å². The van der Waals surface area contributed by atoms with Crippen molar-refractivity contribution in [2.45, 2.75) is 30.9 Å². The van der Waals surface area contributed by atoms with E-state index in [9.17, 15) is 18.7 Å². The third kappa shape index (κ3) is 5.40. The van der Waals surface area contributed by atoms with Gasteiger partial charge in [-0.1, -0.05) is 66.7 Å². The number of nitrogens with one attached hydrogen (secondary N) is 1. The largest absolute Gasteiger partial charge is 0.447 e. The minimum Gasteiger partial charge on any atom is -0.447 e. The molecule has 1 aromatic heterocycles. The minimum atomic E-state index is -3.45. The lowest BCUT2D eigenvalue weighted by Crippen LogP contribution is -2.35. The summed E-state index contributed by atoms with van der Waals surface area (Å²) in [5, 5.41) is 23.7. The number of tetrazole rings is 1. The number of hydrogen-bond donors (Lipinski definition) is 2. The number of aromatic nitrogens is 4. The number of alkyl halides is 2. The monoisotopic (exact) mass is 455 g/mol. The number of amides is 1. The zero-order chi connectivity index (χ0) is 23.3. The van der Waals surface area contributed by atoms with Crippen LogP contribution >= 0.6 is 0 Å². The Morgan fingerprint density at radius 1 is 1.18 bits per heavy atom. The van der Waals surface area contributed by atoms with Gasteiger partial charge in [0.2, 0.25) is 0 Å². The van der Waals surface area contributed by atoms with Crippen molar-refractivity contribution < 1.29 is 23.4 Å². The Morgan fingerprint density at radius 3 is 2.61 bits per heavy atom. The topological polar surface area (TPSA) is 104 Å². The Morgan fingerprint density at radius 2 is 1.91 bits per heavy atom. The zero-order valence-corrected chi connectivity index (χ0v) is 17.6. The third-order valence-electron chi connectivity index (χ3n) is 5.48. The molecule has 2 unspecified atom stereocenters. The standard InChI is InChI=1S/C23H23F2N5O3/c24-23(25,18-4-2-1-3-5-18)20(31)11-10-19-15-33-22(32)30(19)13-12-16-6-8-17(9-7-16)14-21-26-28-29-27-21/h1-11,19-20,31H,12-15H2,(H,26,27,28,29)/b11-10+. The van der Waals surface area contributed by atoms with E-state index in [1.165, 1.54) is 35.2 Å². The molecule has 3 aromatic rings. The first-order valence-corrected chi connectivity index (χ1v) is 10.5. The second kappa shape index (κ2) is 9.86. The number of aliphatic hydroxyl groups excluding tert-OH is 1. The van der Waals surface area contributed by atoms with Gasteiger partial charge in [0.05, 0.1) is 6.04 Å². The molecule has 2 atom stereocenters. The van der Waals surface area contributed by atoms with Gasteiger partial charge in [-0.2, -0.15) is 8.78 Å². The van der Waals surface area contributed by atoms with Crippen LogP contribution in [-0.2, 0) is 23.5 Å². The molecular formula is C23H23F2N5O3. The molecule has 0 radical (unpaired) electrons. The Hall–Kier alpha value is -3.66. The van der Waals surface area contributed by atoms with Gasteiger partial charge < -0.3 is 9.84 Å². The van der Waals surface area contributed by atoms with E-state index in [0.29, 0.717) is 25.2 Å². The van der Waals surface area contributed by atoms with Crippen LogP contribution in [0.25, 0.3) is 0 Å². The van der Waals surface area contributed by atoms with E-state index in [-0.39, 0.29) is 12.2 Å². The number of ether oxygens (including phenoxy) is 1. The van der Waals surface area contributed by atoms with E-state index >= 15 is 0 Å². The fourth-order valence-corrected chi connectivity index (χ4v) is 3.59. The molecule has 1 aliphatic rings. The van der Waals surface area contributed by atoms with Gasteiger partial charge in [0.1, 0.15) is 12.7 Å². The molecule has 2 N–H and O–H groups in total. The normalized spacial score (nSPS) is 17.5. The lowest BCUT2D eigenvalue weighted by molar-refractivity contribution is -0.0929. The Kier molecular flexibility index (Phi) is 6.74. The summed E-state index contributed by atoms with van der Waals surface area (Å²) in [6.45, 7) is 0.396. The molecule has 33 heavy (non-hydrogen) atoms. The summed E-state index contributed by atoms with van der Waals surface area (Å²) >= 11 is 0. The number of carbonyl (C=O) groups excluding carboxylic acids is 1. The highest BCUT2D eigenvalue weighted by molar-refractivity contribution is 5.70.